The van der Waals surface area contributed by atoms with Gasteiger partial charge >= 0.3 is 90.7 Å². The van der Waals surface area contributed by atoms with E-state index in [4.69, 9.17) is 0 Å². The van der Waals surface area contributed by atoms with E-state index in [0.717, 1.165) is 0 Å². The molecule has 2 rings (SSSR count). The van der Waals surface area contributed by atoms with Crippen LogP contribution in [0.15, 0.2) is 0 Å². The van der Waals surface area contributed by atoms with Gasteiger partial charge in [0.2, 0.25) is 0 Å². The Morgan fingerprint density at radius 2 is 1.36 bits per heavy atom. The molecule has 1 aromatic carbocycles. The monoisotopic (exact) mass is 253 g/mol. The molecular weight excluding hydrogens is 237 g/mol. The predicted molar refractivity (Wildman–Crippen MR) is 62.4 cm³/mol. The van der Waals surface area contributed by atoms with Crippen molar-refractivity contribution in [2.75, 3.05) is 0 Å². The van der Waals surface area contributed by atoms with Crippen molar-refractivity contribution in [3.05, 3.63) is 26.8 Å². The molecule has 0 saturated carbocycles. The molecule has 2 heteroatoms. The maximum atomic E-state index is 4.66. The van der Waals surface area contributed by atoms with Gasteiger partial charge < -0.3 is 0 Å². The van der Waals surface area contributed by atoms with Crippen LogP contribution in [0.25, 0.3) is 9.78 Å². The van der Waals surface area contributed by atoms with Crippen LogP contribution in [0, 0.1) is 34.6 Å². The Bertz CT molecular complexity index is 464. The van der Waals surface area contributed by atoms with Gasteiger partial charge in [0, 0.05) is 0 Å². The zero-order chi connectivity index (χ0) is 10.5. The summed E-state index contributed by atoms with van der Waals surface area (Å²) in [6.07, 6.45) is 0. The quantitative estimate of drug-likeness (QED) is 0.657. The number of aromatic nitrogens is 1. The molecule has 0 spiro atoms. The first-order valence-corrected chi connectivity index (χ1v) is 6.57. The molecule has 2 aromatic rings. The van der Waals surface area contributed by atoms with Crippen molar-refractivity contribution in [3.63, 3.8) is 0 Å². The number of benzene rings is 1. The second-order valence-electron chi connectivity index (χ2n) is 3.91. The predicted octanol–water partition coefficient (Wildman–Crippen LogP) is 2.83. The van der Waals surface area contributed by atoms with Crippen LogP contribution >= 0.6 is 0 Å². The van der Waals surface area contributed by atoms with Gasteiger partial charge in [-0.15, -0.1) is 0 Å². The van der Waals surface area contributed by atoms with Crippen molar-refractivity contribution in [3.8, 4) is 0 Å². The van der Waals surface area contributed by atoms with Crippen molar-refractivity contribution in [1.29, 1.82) is 0 Å². The molecule has 1 aromatic heterocycles. The Balaban J connectivity index is 3.01. The van der Waals surface area contributed by atoms with E-state index in [-0.39, 0.29) is 0 Å². The van der Waals surface area contributed by atoms with Crippen LogP contribution in [-0.2, 0) is 0 Å². The molecule has 0 atom stereocenters. The molecule has 14 heavy (non-hydrogen) atoms. The van der Waals surface area contributed by atoms with Crippen molar-refractivity contribution < 1.29 is 0 Å². The van der Waals surface area contributed by atoms with E-state index < -0.39 is 0 Å². The molecule has 74 valence electrons. The topological polar surface area (TPSA) is 12.9 Å². The average molecular weight is 252 g/mol. The Morgan fingerprint density at radius 1 is 0.786 bits per heavy atom. The molecule has 0 N–H and O–H groups in total. The first kappa shape index (κ1) is 9.95. The summed E-state index contributed by atoms with van der Waals surface area (Å²) in [4.78, 5) is 4.66. The Kier molecular flexibility index (Phi) is 2.29. The third kappa shape index (κ3) is 1.25. The van der Waals surface area contributed by atoms with Crippen LogP contribution in [0.3, 0.4) is 0 Å². The fraction of sp³-hybridized carbons (Fsp3) is 0.417. The molecule has 0 unspecified atom stereocenters. The van der Waals surface area contributed by atoms with Crippen molar-refractivity contribution in [1.82, 2.24) is 4.98 Å². The minimum atomic E-state index is 0.475. The summed E-state index contributed by atoms with van der Waals surface area (Å²) in [7, 11) is 0. The van der Waals surface area contributed by atoms with E-state index in [1.165, 1.54) is 36.6 Å². The summed E-state index contributed by atoms with van der Waals surface area (Å²) < 4.78 is 2.82. The molecular formula is C12H15NSe. The second kappa shape index (κ2) is 3.22. The molecule has 1 nitrogen and oxygen atoms in total. The summed E-state index contributed by atoms with van der Waals surface area (Å²) in [5, 5.41) is 0. The third-order valence-corrected chi connectivity index (χ3v) is 5.41. The van der Waals surface area contributed by atoms with E-state index >= 15 is 0 Å². The standard InChI is InChI=1S/C12H15NSe/c1-6-7(2)9(4)12-11(8(6)3)13-10(5)14-12/h1-5H3. The number of rotatable bonds is 0. The van der Waals surface area contributed by atoms with E-state index in [2.05, 4.69) is 39.6 Å². The van der Waals surface area contributed by atoms with Gasteiger partial charge in [0.05, 0.1) is 0 Å². The fourth-order valence-corrected chi connectivity index (χ4v) is 4.02. The van der Waals surface area contributed by atoms with Gasteiger partial charge in [-0.1, -0.05) is 0 Å². The third-order valence-electron chi connectivity index (χ3n) is 3.12. The van der Waals surface area contributed by atoms with Crippen molar-refractivity contribution in [2.24, 2.45) is 0 Å². The fourth-order valence-electron chi connectivity index (χ4n) is 1.85. The van der Waals surface area contributed by atoms with Crippen LogP contribution < -0.4 is 0 Å². The van der Waals surface area contributed by atoms with Gasteiger partial charge in [-0.05, 0) is 0 Å². The zero-order valence-corrected chi connectivity index (χ0v) is 11.1. The molecule has 1 heterocycles. The number of hydrogen-bond acceptors (Lipinski definition) is 1. The summed E-state index contributed by atoms with van der Waals surface area (Å²) in [6, 6.07) is 0. The molecule has 0 saturated heterocycles. The van der Waals surface area contributed by atoms with Gasteiger partial charge in [0.15, 0.2) is 0 Å². The van der Waals surface area contributed by atoms with E-state index in [0.29, 0.717) is 14.5 Å². The van der Waals surface area contributed by atoms with Crippen LogP contribution in [0.1, 0.15) is 26.8 Å². The van der Waals surface area contributed by atoms with Crippen LogP contribution in [0.4, 0.5) is 0 Å². The first-order valence-electron chi connectivity index (χ1n) is 4.86. The van der Waals surface area contributed by atoms with E-state index in [9.17, 15) is 0 Å². The SMILES string of the molecule is Cc1nc2c(C)c(C)c(C)c(C)c2[se]1. The zero-order valence-electron chi connectivity index (χ0n) is 9.36. The normalized spacial score (nSPS) is 11.2. The van der Waals surface area contributed by atoms with Crippen LogP contribution in [0.5, 0.6) is 0 Å². The summed E-state index contributed by atoms with van der Waals surface area (Å²) in [5.41, 5.74) is 6.97. The molecule has 0 bridgehead atoms. The summed E-state index contributed by atoms with van der Waals surface area (Å²) in [6.45, 7) is 11.0. The number of fused-ring (bicyclic) bond motifs is 1. The van der Waals surface area contributed by atoms with E-state index in [1.54, 1.807) is 0 Å². The molecule has 0 radical (unpaired) electrons. The maximum absolute atomic E-state index is 4.66. The average Bonchev–Trinajstić information content (AvgIpc) is 2.54. The van der Waals surface area contributed by atoms with Gasteiger partial charge in [-0.25, -0.2) is 0 Å². The molecule has 0 aliphatic carbocycles. The van der Waals surface area contributed by atoms with Gasteiger partial charge in [0.25, 0.3) is 0 Å². The molecule has 0 aliphatic heterocycles. The van der Waals surface area contributed by atoms with Crippen LogP contribution in [0.2, 0.25) is 0 Å². The van der Waals surface area contributed by atoms with E-state index in [1.807, 2.05) is 0 Å². The van der Waals surface area contributed by atoms with Gasteiger partial charge in [0.1, 0.15) is 0 Å². The Hall–Kier alpha value is -0.591. The second-order valence-corrected chi connectivity index (χ2v) is 6.44. The molecule has 0 aliphatic rings. The van der Waals surface area contributed by atoms with Crippen LogP contribution in [-0.4, -0.2) is 19.5 Å². The number of aryl methyl sites for hydroxylation is 3. The molecule has 0 amide bonds. The Morgan fingerprint density at radius 3 is 2.00 bits per heavy atom. The minimum absolute atomic E-state index is 0.475. The summed E-state index contributed by atoms with van der Waals surface area (Å²) >= 11 is 0.475. The summed E-state index contributed by atoms with van der Waals surface area (Å²) in [5.74, 6) is 0. The first-order chi connectivity index (χ1) is 6.52. The number of nitrogens with zero attached hydrogens (tertiary/aromatic N) is 1. The van der Waals surface area contributed by atoms with Gasteiger partial charge in [-0.3, -0.25) is 0 Å². The van der Waals surface area contributed by atoms with Gasteiger partial charge in [-0.2, -0.15) is 0 Å². The molecule has 0 fully saturated rings. The van der Waals surface area contributed by atoms with Crippen molar-refractivity contribution in [2.45, 2.75) is 34.6 Å². The number of hydrogen-bond donors (Lipinski definition) is 0. The van der Waals surface area contributed by atoms with Crippen molar-refractivity contribution >= 4 is 24.3 Å². The Labute approximate surface area is 90.9 Å².